The van der Waals surface area contributed by atoms with E-state index in [0.29, 0.717) is 17.1 Å². The molecular formula is C15H21ClN2O2. The van der Waals surface area contributed by atoms with Crippen LogP contribution in [0.25, 0.3) is 0 Å². The first-order valence-electron chi connectivity index (χ1n) is 6.72. The molecule has 0 bridgehead atoms. The fraction of sp³-hybridized carbons (Fsp3) is 0.467. The summed E-state index contributed by atoms with van der Waals surface area (Å²) in [6, 6.07) is 6.48. The predicted octanol–water partition coefficient (Wildman–Crippen LogP) is 2.37. The van der Waals surface area contributed by atoms with Crippen molar-refractivity contribution in [3.63, 3.8) is 0 Å². The zero-order valence-electron chi connectivity index (χ0n) is 12.1. The van der Waals surface area contributed by atoms with Crippen LogP contribution >= 0.6 is 11.6 Å². The van der Waals surface area contributed by atoms with Crippen LogP contribution in [0.5, 0.6) is 0 Å². The van der Waals surface area contributed by atoms with Crippen molar-refractivity contribution in [3.8, 4) is 0 Å². The molecule has 0 fully saturated rings. The van der Waals surface area contributed by atoms with Crippen LogP contribution in [0.4, 0.5) is 0 Å². The number of ketones is 1. The number of rotatable bonds is 7. The summed E-state index contributed by atoms with van der Waals surface area (Å²) in [5.41, 5.74) is 0.561. The van der Waals surface area contributed by atoms with Gasteiger partial charge in [-0.05, 0) is 32.5 Å². The highest BCUT2D eigenvalue weighted by atomic mass is 35.5. The van der Waals surface area contributed by atoms with Crippen molar-refractivity contribution in [2.75, 3.05) is 20.1 Å². The molecule has 0 aromatic heterocycles. The first kappa shape index (κ1) is 16.7. The van der Waals surface area contributed by atoms with E-state index in [0.717, 1.165) is 6.42 Å². The average molecular weight is 297 g/mol. The monoisotopic (exact) mass is 296 g/mol. The van der Waals surface area contributed by atoms with Gasteiger partial charge in [-0.2, -0.15) is 0 Å². The van der Waals surface area contributed by atoms with Crippen LogP contribution in [0.1, 0.15) is 30.6 Å². The summed E-state index contributed by atoms with van der Waals surface area (Å²) in [4.78, 5) is 25.7. The Kier molecular flexibility index (Phi) is 6.68. The quantitative estimate of drug-likeness (QED) is 0.786. The molecule has 1 aromatic carbocycles. The number of hydrogen-bond acceptors (Lipinski definition) is 3. The molecule has 4 nitrogen and oxygen atoms in total. The lowest BCUT2D eigenvalue weighted by molar-refractivity contribution is -0.122. The van der Waals surface area contributed by atoms with Crippen LogP contribution in [0.3, 0.4) is 0 Å². The Morgan fingerprint density at radius 2 is 2.10 bits per heavy atom. The van der Waals surface area contributed by atoms with Crippen molar-refractivity contribution in [2.45, 2.75) is 26.3 Å². The largest absolute Gasteiger partial charge is 0.355 e. The lowest BCUT2D eigenvalue weighted by Crippen LogP contribution is -2.43. The highest BCUT2D eigenvalue weighted by molar-refractivity contribution is 6.31. The second kappa shape index (κ2) is 8.02. The minimum atomic E-state index is -0.374. The Hall–Kier alpha value is -1.39. The zero-order valence-corrected chi connectivity index (χ0v) is 12.9. The van der Waals surface area contributed by atoms with Gasteiger partial charge in [-0.1, -0.05) is 30.7 Å². The molecule has 0 spiro atoms. The number of nitrogens with zero attached hydrogens (tertiary/aromatic N) is 1. The molecular weight excluding hydrogens is 276 g/mol. The standard InChI is InChI=1S/C15H21ClN2O2/c1-4-8-17-14(19)10-18(3)11(2)15(20)12-6-5-7-13(16)9-12/h5-7,9,11H,4,8,10H2,1-3H3,(H,17,19). The molecule has 5 heteroatoms. The van der Waals surface area contributed by atoms with Crippen LogP contribution in [0.2, 0.25) is 5.02 Å². The highest BCUT2D eigenvalue weighted by Gasteiger charge is 2.21. The second-order valence-corrected chi connectivity index (χ2v) is 5.25. The van der Waals surface area contributed by atoms with Gasteiger partial charge in [-0.25, -0.2) is 0 Å². The average Bonchev–Trinajstić information content (AvgIpc) is 2.43. The molecule has 0 aliphatic carbocycles. The molecule has 20 heavy (non-hydrogen) atoms. The van der Waals surface area contributed by atoms with E-state index in [1.807, 2.05) is 6.92 Å². The molecule has 1 unspecified atom stereocenters. The SMILES string of the molecule is CCCNC(=O)CN(C)C(C)C(=O)c1cccc(Cl)c1. The van der Waals surface area contributed by atoms with Crippen molar-refractivity contribution < 1.29 is 9.59 Å². The smallest absolute Gasteiger partial charge is 0.234 e. The Labute approximate surface area is 125 Å². The first-order valence-corrected chi connectivity index (χ1v) is 7.10. The van der Waals surface area contributed by atoms with E-state index in [1.165, 1.54) is 0 Å². The fourth-order valence-corrected chi connectivity index (χ4v) is 1.96. The molecule has 1 aromatic rings. The molecule has 1 N–H and O–H groups in total. The van der Waals surface area contributed by atoms with Gasteiger partial charge in [-0.3, -0.25) is 14.5 Å². The van der Waals surface area contributed by atoms with E-state index in [-0.39, 0.29) is 24.3 Å². The van der Waals surface area contributed by atoms with Crippen molar-refractivity contribution in [1.82, 2.24) is 10.2 Å². The van der Waals surface area contributed by atoms with Crippen LogP contribution in [-0.2, 0) is 4.79 Å². The minimum absolute atomic E-state index is 0.0432. The van der Waals surface area contributed by atoms with Gasteiger partial charge >= 0.3 is 0 Å². The molecule has 1 amide bonds. The molecule has 1 atom stereocenters. The number of hydrogen-bond donors (Lipinski definition) is 1. The number of amides is 1. The van der Waals surface area contributed by atoms with Crippen LogP contribution in [-0.4, -0.2) is 42.8 Å². The van der Waals surface area contributed by atoms with Gasteiger partial charge in [-0.15, -0.1) is 0 Å². The number of Topliss-reactive ketones (excluding diaryl/α,β-unsaturated/α-hetero) is 1. The molecule has 110 valence electrons. The van der Waals surface area contributed by atoms with Gasteiger partial charge in [0, 0.05) is 17.1 Å². The normalized spacial score (nSPS) is 12.2. The van der Waals surface area contributed by atoms with Crippen LogP contribution < -0.4 is 5.32 Å². The molecule has 0 radical (unpaired) electrons. The molecule has 0 heterocycles. The summed E-state index contributed by atoms with van der Waals surface area (Å²) < 4.78 is 0. The Balaban J connectivity index is 2.62. The number of likely N-dealkylation sites (N-methyl/N-ethyl adjacent to an activating group) is 1. The lowest BCUT2D eigenvalue weighted by Gasteiger charge is -2.23. The highest BCUT2D eigenvalue weighted by Crippen LogP contribution is 2.14. The molecule has 0 saturated carbocycles. The third-order valence-electron chi connectivity index (χ3n) is 3.11. The van der Waals surface area contributed by atoms with Gasteiger partial charge in [0.15, 0.2) is 5.78 Å². The minimum Gasteiger partial charge on any atom is -0.355 e. The maximum Gasteiger partial charge on any atom is 0.234 e. The predicted molar refractivity (Wildman–Crippen MR) is 81.2 cm³/mol. The van der Waals surface area contributed by atoms with Crippen molar-refractivity contribution >= 4 is 23.3 Å². The third-order valence-corrected chi connectivity index (χ3v) is 3.35. The Morgan fingerprint density at radius 1 is 1.40 bits per heavy atom. The van der Waals surface area contributed by atoms with E-state index >= 15 is 0 Å². The summed E-state index contributed by atoms with van der Waals surface area (Å²) in [7, 11) is 1.76. The van der Waals surface area contributed by atoms with E-state index < -0.39 is 0 Å². The summed E-state index contributed by atoms with van der Waals surface area (Å²) in [6.07, 6.45) is 0.895. The molecule has 1 rings (SSSR count). The topological polar surface area (TPSA) is 49.4 Å². The van der Waals surface area contributed by atoms with Crippen molar-refractivity contribution in [3.05, 3.63) is 34.9 Å². The zero-order chi connectivity index (χ0) is 15.1. The van der Waals surface area contributed by atoms with Gasteiger partial charge in [0.05, 0.1) is 12.6 Å². The van der Waals surface area contributed by atoms with E-state index in [4.69, 9.17) is 11.6 Å². The number of carbonyl (C=O) groups excluding carboxylic acids is 2. The van der Waals surface area contributed by atoms with Gasteiger partial charge in [0.2, 0.25) is 5.91 Å². The summed E-state index contributed by atoms with van der Waals surface area (Å²) >= 11 is 5.88. The van der Waals surface area contributed by atoms with Gasteiger partial charge < -0.3 is 5.32 Å². The third kappa shape index (κ3) is 4.94. The first-order chi connectivity index (χ1) is 9.45. The van der Waals surface area contributed by atoms with Crippen LogP contribution in [0.15, 0.2) is 24.3 Å². The maximum absolute atomic E-state index is 12.3. The fourth-order valence-electron chi connectivity index (χ4n) is 1.77. The molecule has 0 aliphatic heterocycles. The second-order valence-electron chi connectivity index (χ2n) is 4.82. The molecule has 0 saturated heterocycles. The lowest BCUT2D eigenvalue weighted by atomic mass is 10.0. The summed E-state index contributed by atoms with van der Waals surface area (Å²) in [6.45, 7) is 4.64. The number of benzene rings is 1. The molecule has 0 aliphatic rings. The Morgan fingerprint density at radius 3 is 2.70 bits per heavy atom. The number of nitrogens with one attached hydrogen (secondary N) is 1. The number of halogens is 1. The van der Waals surface area contributed by atoms with E-state index in [2.05, 4.69) is 5.32 Å². The van der Waals surface area contributed by atoms with Gasteiger partial charge in [0.25, 0.3) is 0 Å². The van der Waals surface area contributed by atoms with Crippen LogP contribution in [0, 0.1) is 0 Å². The van der Waals surface area contributed by atoms with Crippen molar-refractivity contribution in [1.29, 1.82) is 0 Å². The van der Waals surface area contributed by atoms with Gasteiger partial charge in [0.1, 0.15) is 0 Å². The summed E-state index contributed by atoms with van der Waals surface area (Å²) in [5, 5.41) is 3.33. The van der Waals surface area contributed by atoms with Crippen molar-refractivity contribution in [2.24, 2.45) is 0 Å². The Bertz CT molecular complexity index is 477. The summed E-state index contributed by atoms with van der Waals surface area (Å²) in [5.74, 6) is -0.113. The maximum atomic E-state index is 12.3. The number of carbonyl (C=O) groups is 2. The van der Waals surface area contributed by atoms with E-state index in [9.17, 15) is 9.59 Å². The van der Waals surface area contributed by atoms with E-state index in [1.54, 1.807) is 43.1 Å².